The number of aryl methyl sites for hydroxylation is 1. The molecule has 0 aromatic carbocycles. The highest BCUT2D eigenvalue weighted by Gasteiger charge is 2.32. The van der Waals surface area contributed by atoms with Crippen LogP contribution in [-0.4, -0.2) is 23.0 Å². The summed E-state index contributed by atoms with van der Waals surface area (Å²) < 4.78 is 15.0. The van der Waals surface area contributed by atoms with E-state index in [1.54, 1.807) is 11.3 Å². The number of carbonyl (C=O) groups is 1. The molecule has 1 saturated carbocycles. The van der Waals surface area contributed by atoms with Crippen molar-refractivity contribution < 1.29 is 9.18 Å². The summed E-state index contributed by atoms with van der Waals surface area (Å²) in [7, 11) is 0. The molecule has 3 heterocycles. The second-order valence-corrected chi connectivity index (χ2v) is 8.06. The van der Waals surface area contributed by atoms with Gasteiger partial charge in [0.15, 0.2) is 11.6 Å². The highest BCUT2D eigenvalue weighted by atomic mass is 32.1. The molecule has 2 aromatic rings. The third-order valence-electron chi connectivity index (χ3n) is 5.00. The van der Waals surface area contributed by atoms with Gasteiger partial charge in [-0.2, -0.15) is 0 Å². The van der Waals surface area contributed by atoms with Crippen molar-refractivity contribution in [2.24, 2.45) is 5.73 Å². The summed E-state index contributed by atoms with van der Waals surface area (Å²) in [6, 6.07) is 3.92. The van der Waals surface area contributed by atoms with Gasteiger partial charge in [0.1, 0.15) is 0 Å². The van der Waals surface area contributed by atoms with Crippen molar-refractivity contribution in [3.05, 3.63) is 34.0 Å². The SMILES string of the molecule is Cc1ccc(-c2nc(N[C@@H]3CCCC[C@@H]3N)c(F)c3c2C(=O)NC3)s1. The van der Waals surface area contributed by atoms with Gasteiger partial charge in [-0.3, -0.25) is 4.79 Å². The number of amides is 1. The van der Waals surface area contributed by atoms with E-state index in [0.29, 0.717) is 16.8 Å². The molecule has 4 rings (SSSR count). The van der Waals surface area contributed by atoms with Gasteiger partial charge in [-0.15, -0.1) is 11.3 Å². The molecule has 1 aliphatic carbocycles. The summed E-state index contributed by atoms with van der Waals surface area (Å²) in [5, 5.41) is 5.93. The molecule has 132 valence electrons. The predicted molar refractivity (Wildman–Crippen MR) is 97.3 cm³/mol. The molecule has 1 aliphatic heterocycles. The molecule has 5 nitrogen and oxygen atoms in total. The van der Waals surface area contributed by atoms with Gasteiger partial charge >= 0.3 is 0 Å². The molecule has 2 atom stereocenters. The zero-order valence-electron chi connectivity index (χ0n) is 14.1. The molecule has 1 fully saturated rings. The summed E-state index contributed by atoms with van der Waals surface area (Å²) >= 11 is 1.55. The van der Waals surface area contributed by atoms with Gasteiger partial charge in [0.05, 0.1) is 16.1 Å². The van der Waals surface area contributed by atoms with E-state index < -0.39 is 5.82 Å². The molecule has 0 bridgehead atoms. The Hall–Kier alpha value is -1.99. The van der Waals surface area contributed by atoms with Crippen LogP contribution in [-0.2, 0) is 6.54 Å². The maximum absolute atomic E-state index is 15.0. The van der Waals surface area contributed by atoms with Gasteiger partial charge in [0.2, 0.25) is 0 Å². The lowest BCUT2D eigenvalue weighted by molar-refractivity contribution is 0.0966. The molecule has 7 heteroatoms. The third-order valence-corrected chi connectivity index (χ3v) is 6.01. The lowest BCUT2D eigenvalue weighted by Crippen LogP contribution is -2.43. The zero-order chi connectivity index (χ0) is 17.6. The predicted octanol–water partition coefficient (Wildman–Crippen LogP) is 3.18. The van der Waals surface area contributed by atoms with Crippen molar-refractivity contribution in [3.8, 4) is 10.6 Å². The van der Waals surface area contributed by atoms with Crippen LogP contribution in [0.4, 0.5) is 10.2 Å². The number of anilines is 1. The number of hydrogen-bond acceptors (Lipinski definition) is 5. The second-order valence-electron chi connectivity index (χ2n) is 6.77. The molecule has 2 aromatic heterocycles. The Bertz CT molecular complexity index is 835. The maximum Gasteiger partial charge on any atom is 0.254 e. The maximum atomic E-state index is 15.0. The van der Waals surface area contributed by atoms with Gasteiger partial charge in [-0.05, 0) is 31.9 Å². The lowest BCUT2D eigenvalue weighted by Gasteiger charge is -2.30. The molecule has 4 N–H and O–H groups in total. The minimum Gasteiger partial charge on any atom is -0.363 e. The summed E-state index contributed by atoms with van der Waals surface area (Å²) in [6.07, 6.45) is 4.03. The van der Waals surface area contributed by atoms with E-state index in [2.05, 4.69) is 15.6 Å². The Labute approximate surface area is 149 Å². The van der Waals surface area contributed by atoms with Crippen molar-refractivity contribution in [3.63, 3.8) is 0 Å². The number of hydrogen-bond donors (Lipinski definition) is 3. The third kappa shape index (κ3) is 2.91. The molecule has 0 radical (unpaired) electrons. The first-order chi connectivity index (χ1) is 12.0. The summed E-state index contributed by atoms with van der Waals surface area (Å²) in [6.45, 7) is 2.20. The summed E-state index contributed by atoms with van der Waals surface area (Å²) in [5.74, 6) is -0.495. The molecular weight excluding hydrogens is 339 g/mol. The van der Waals surface area contributed by atoms with E-state index in [0.717, 1.165) is 35.4 Å². The van der Waals surface area contributed by atoms with Crippen LogP contribution in [0.5, 0.6) is 0 Å². The van der Waals surface area contributed by atoms with Crippen molar-refractivity contribution in [2.45, 2.75) is 51.2 Å². The van der Waals surface area contributed by atoms with Gasteiger partial charge in [-0.1, -0.05) is 12.8 Å². The van der Waals surface area contributed by atoms with Crippen LogP contribution in [0.3, 0.4) is 0 Å². The zero-order valence-corrected chi connectivity index (χ0v) is 14.9. The number of aromatic nitrogens is 1. The number of halogens is 1. The Balaban J connectivity index is 1.79. The molecule has 25 heavy (non-hydrogen) atoms. The number of nitrogens with zero attached hydrogens (tertiary/aromatic N) is 1. The second kappa shape index (κ2) is 6.38. The van der Waals surface area contributed by atoms with Crippen molar-refractivity contribution in [1.82, 2.24) is 10.3 Å². The van der Waals surface area contributed by atoms with Crippen LogP contribution in [0, 0.1) is 12.7 Å². The van der Waals surface area contributed by atoms with Crippen LogP contribution < -0.4 is 16.4 Å². The normalized spacial score (nSPS) is 22.6. The van der Waals surface area contributed by atoms with E-state index >= 15 is 0 Å². The van der Waals surface area contributed by atoms with Gasteiger partial charge in [-0.25, -0.2) is 9.37 Å². The number of fused-ring (bicyclic) bond motifs is 1. The monoisotopic (exact) mass is 360 g/mol. The first kappa shape index (κ1) is 16.5. The van der Waals surface area contributed by atoms with Crippen molar-refractivity contribution in [1.29, 1.82) is 0 Å². The highest BCUT2D eigenvalue weighted by Crippen LogP contribution is 2.36. The smallest absolute Gasteiger partial charge is 0.254 e. The highest BCUT2D eigenvalue weighted by molar-refractivity contribution is 7.15. The van der Waals surface area contributed by atoms with Crippen LogP contribution in [0.25, 0.3) is 10.6 Å². The average Bonchev–Trinajstić information content (AvgIpc) is 3.19. The fourth-order valence-corrected chi connectivity index (χ4v) is 4.49. The molecular formula is C18H21FN4OS. The lowest BCUT2D eigenvalue weighted by atomic mass is 9.91. The average molecular weight is 360 g/mol. The number of rotatable bonds is 3. The van der Waals surface area contributed by atoms with E-state index in [9.17, 15) is 9.18 Å². The largest absolute Gasteiger partial charge is 0.363 e. The fourth-order valence-electron chi connectivity index (χ4n) is 3.63. The number of pyridine rings is 1. The van der Waals surface area contributed by atoms with Gasteiger partial charge in [0, 0.05) is 29.1 Å². The topological polar surface area (TPSA) is 80.0 Å². The first-order valence-electron chi connectivity index (χ1n) is 8.64. The number of thiophene rings is 1. The summed E-state index contributed by atoms with van der Waals surface area (Å²) in [5.41, 5.74) is 7.49. The molecule has 0 saturated heterocycles. The Kier molecular flexibility index (Phi) is 4.21. The van der Waals surface area contributed by atoms with Crippen LogP contribution >= 0.6 is 11.3 Å². The van der Waals surface area contributed by atoms with Crippen molar-refractivity contribution in [2.75, 3.05) is 5.32 Å². The Morgan fingerprint density at radius 2 is 2.16 bits per heavy atom. The Morgan fingerprint density at radius 3 is 2.88 bits per heavy atom. The minimum absolute atomic E-state index is 0.00427. The fraction of sp³-hybridized carbons (Fsp3) is 0.444. The Morgan fingerprint density at radius 1 is 1.36 bits per heavy atom. The van der Waals surface area contributed by atoms with E-state index in [1.807, 2.05) is 19.1 Å². The summed E-state index contributed by atoms with van der Waals surface area (Å²) in [4.78, 5) is 18.7. The number of carbonyl (C=O) groups excluding carboxylic acids is 1. The van der Waals surface area contributed by atoms with Crippen LogP contribution in [0.15, 0.2) is 12.1 Å². The van der Waals surface area contributed by atoms with E-state index in [1.165, 1.54) is 0 Å². The standard InChI is InChI=1S/C18H21FN4OS/c1-9-6-7-13(25-9)16-14-10(8-21-18(14)24)15(19)17(23-16)22-12-5-3-2-4-11(12)20/h6-7,11-12H,2-5,8,20H2,1H3,(H,21,24)(H,22,23)/t11-,12+/m0/s1. The first-order valence-corrected chi connectivity index (χ1v) is 9.45. The number of nitrogens with one attached hydrogen (secondary N) is 2. The molecule has 1 amide bonds. The minimum atomic E-state index is -0.442. The van der Waals surface area contributed by atoms with Crippen LogP contribution in [0.1, 0.15) is 46.5 Å². The molecule has 2 aliphatic rings. The number of nitrogens with two attached hydrogens (primary N) is 1. The van der Waals surface area contributed by atoms with Crippen molar-refractivity contribution >= 4 is 23.1 Å². The molecule has 0 unspecified atom stereocenters. The van der Waals surface area contributed by atoms with E-state index in [4.69, 9.17) is 5.73 Å². The van der Waals surface area contributed by atoms with E-state index in [-0.39, 0.29) is 30.4 Å². The molecule has 0 spiro atoms. The quantitative estimate of drug-likeness (QED) is 0.785. The van der Waals surface area contributed by atoms with Gasteiger partial charge < -0.3 is 16.4 Å². The van der Waals surface area contributed by atoms with Gasteiger partial charge in [0.25, 0.3) is 5.91 Å². The van der Waals surface area contributed by atoms with Crippen LogP contribution in [0.2, 0.25) is 0 Å².